The van der Waals surface area contributed by atoms with E-state index in [4.69, 9.17) is 0 Å². The van der Waals surface area contributed by atoms with Gasteiger partial charge in [-0.3, -0.25) is 0 Å². The summed E-state index contributed by atoms with van der Waals surface area (Å²) >= 11 is 0. The lowest BCUT2D eigenvalue weighted by Crippen LogP contribution is -2.12. The van der Waals surface area contributed by atoms with Crippen LogP contribution in [-0.2, 0) is 0 Å². The zero-order chi connectivity index (χ0) is 8.81. The normalized spacial score (nSPS) is 29.5. The third-order valence-corrected chi connectivity index (χ3v) is 3.05. The molecule has 0 aromatic rings. The average molecular weight is 170 g/mol. The maximum Gasteiger partial charge on any atom is 0.0568 e. The lowest BCUT2D eigenvalue weighted by Gasteiger charge is -2.13. The molecule has 1 aliphatic carbocycles. The molecular weight excluding hydrogens is 148 g/mol. The van der Waals surface area contributed by atoms with Crippen LogP contribution in [0.5, 0.6) is 0 Å². The predicted molar refractivity (Wildman–Crippen MR) is 52.1 cm³/mol. The first-order chi connectivity index (χ1) is 5.84. The fourth-order valence-corrected chi connectivity index (χ4v) is 2.19. The Balaban J connectivity index is 1.98. The van der Waals surface area contributed by atoms with E-state index < -0.39 is 0 Å². The molecule has 2 atom stereocenters. The number of aliphatic hydroxyl groups is 1. The van der Waals surface area contributed by atoms with E-state index in [2.05, 4.69) is 6.92 Å². The van der Waals surface area contributed by atoms with Crippen molar-refractivity contribution in [1.29, 1.82) is 0 Å². The van der Waals surface area contributed by atoms with E-state index in [-0.39, 0.29) is 6.10 Å². The Morgan fingerprint density at radius 2 is 2.00 bits per heavy atom. The summed E-state index contributed by atoms with van der Waals surface area (Å²) in [6, 6.07) is 0. The van der Waals surface area contributed by atoms with Gasteiger partial charge in [-0.25, -0.2) is 0 Å². The van der Waals surface area contributed by atoms with Crippen molar-refractivity contribution in [3.63, 3.8) is 0 Å². The highest BCUT2D eigenvalue weighted by Gasteiger charge is 2.23. The highest BCUT2D eigenvalue weighted by atomic mass is 16.3. The van der Waals surface area contributed by atoms with Gasteiger partial charge in [-0.05, 0) is 25.2 Å². The number of unbranched alkanes of at least 4 members (excludes halogenated alkanes) is 3. The molecule has 0 aliphatic heterocycles. The standard InChI is InChI=1S/C11H22O/c1-2-3-4-5-7-10-8-6-9-11(10)12/h10-12H,2-9H2,1H3/t10-,11+/m0/s1. The van der Waals surface area contributed by atoms with Gasteiger partial charge in [0.15, 0.2) is 0 Å². The van der Waals surface area contributed by atoms with Crippen molar-refractivity contribution in [1.82, 2.24) is 0 Å². The molecular formula is C11H22O. The van der Waals surface area contributed by atoms with Gasteiger partial charge in [-0.15, -0.1) is 0 Å². The maximum absolute atomic E-state index is 9.55. The fourth-order valence-electron chi connectivity index (χ4n) is 2.19. The van der Waals surface area contributed by atoms with E-state index in [1.54, 1.807) is 0 Å². The summed E-state index contributed by atoms with van der Waals surface area (Å²) in [5, 5.41) is 9.55. The highest BCUT2D eigenvalue weighted by molar-refractivity contribution is 4.76. The van der Waals surface area contributed by atoms with Crippen molar-refractivity contribution in [2.24, 2.45) is 5.92 Å². The molecule has 1 saturated carbocycles. The Kier molecular flexibility index (Phi) is 4.67. The average Bonchev–Trinajstić information content (AvgIpc) is 2.46. The molecule has 0 heterocycles. The summed E-state index contributed by atoms with van der Waals surface area (Å²) in [5.41, 5.74) is 0. The molecule has 0 spiro atoms. The first kappa shape index (κ1) is 10.0. The lowest BCUT2D eigenvalue weighted by atomic mass is 9.98. The number of rotatable bonds is 5. The lowest BCUT2D eigenvalue weighted by molar-refractivity contribution is 0.126. The minimum atomic E-state index is 0.0339. The largest absolute Gasteiger partial charge is 0.393 e. The van der Waals surface area contributed by atoms with Crippen molar-refractivity contribution < 1.29 is 5.11 Å². The molecule has 0 aromatic carbocycles. The Morgan fingerprint density at radius 1 is 1.17 bits per heavy atom. The monoisotopic (exact) mass is 170 g/mol. The zero-order valence-corrected chi connectivity index (χ0v) is 8.26. The number of hydrogen-bond donors (Lipinski definition) is 1. The van der Waals surface area contributed by atoms with Gasteiger partial charge in [0, 0.05) is 0 Å². The second kappa shape index (κ2) is 5.58. The van der Waals surface area contributed by atoms with Crippen molar-refractivity contribution in [3.05, 3.63) is 0 Å². The quantitative estimate of drug-likeness (QED) is 0.628. The maximum atomic E-state index is 9.55. The molecule has 1 N–H and O–H groups in total. The smallest absolute Gasteiger partial charge is 0.0568 e. The predicted octanol–water partition coefficient (Wildman–Crippen LogP) is 3.12. The van der Waals surface area contributed by atoms with Gasteiger partial charge in [0.1, 0.15) is 0 Å². The summed E-state index contributed by atoms with van der Waals surface area (Å²) in [6.45, 7) is 2.24. The molecule has 0 radical (unpaired) electrons. The molecule has 0 unspecified atom stereocenters. The van der Waals surface area contributed by atoms with E-state index in [0.717, 1.165) is 6.42 Å². The van der Waals surface area contributed by atoms with Crippen LogP contribution in [0.1, 0.15) is 58.3 Å². The minimum Gasteiger partial charge on any atom is -0.393 e. The highest BCUT2D eigenvalue weighted by Crippen LogP contribution is 2.29. The summed E-state index contributed by atoms with van der Waals surface area (Å²) in [5.74, 6) is 0.641. The van der Waals surface area contributed by atoms with Crippen molar-refractivity contribution in [3.8, 4) is 0 Å². The third-order valence-electron chi connectivity index (χ3n) is 3.05. The second-order valence-corrected chi connectivity index (χ2v) is 4.11. The molecule has 12 heavy (non-hydrogen) atoms. The first-order valence-electron chi connectivity index (χ1n) is 5.52. The molecule has 0 bridgehead atoms. The van der Waals surface area contributed by atoms with Crippen LogP contribution in [0, 0.1) is 5.92 Å². The Labute approximate surface area is 76.2 Å². The van der Waals surface area contributed by atoms with Crippen LogP contribution in [0.25, 0.3) is 0 Å². The van der Waals surface area contributed by atoms with Gasteiger partial charge < -0.3 is 5.11 Å². The van der Waals surface area contributed by atoms with Gasteiger partial charge in [0.2, 0.25) is 0 Å². The molecule has 72 valence electrons. The summed E-state index contributed by atoms with van der Waals surface area (Å²) in [4.78, 5) is 0. The van der Waals surface area contributed by atoms with Crippen LogP contribution in [-0.4, -0.2) is 11.2 Å². The van der Waals surface area contributed by atoms with Crippen molar-refractivity contribution in [2.75, 3.05) is 0 Å². The zero-order valence-electron chi connectivity index (χ0n) is 8.26. The van der Waals surface area contributed by atoms with E-state index in [1.165, 1.54) is 44.9 Å². The van der Waals surface area contributed by atoms with Crippen molar-refractivity contribution in [2.45, 2.75) is 64.4 Å². The van der Waals surface area contributed by atoms with E-state index >= 15 is 0 Å². The molecule has 0 saturated heterocycles. The Morgan fingerprint density at radius 3 is 2.58 bits per heavy atom. The van der Waals surface area contributed by atoms with Crippen LogP contribution in [0.3, 0.4) is 0 Å². The SMILES string of the molecule is CCCCCC[C@H]1CCC[C@H]1O. The van der Waals surface area contributed by atoms with E-state index in [0.29, 0.717) is 5.92 Å². The second-order valence-electron chi connectivity index (χ2n) is 4.11. The molecule has 0 aromatic heterocycles. The van der Waals surface area contributed by atoms with E-state index in [9.17, 15) is 5.11 Å². The fraction of sp³-hybridized carbons (Fsp3) is 1.00. The van der Waals surface area contributed by atoms with Crippen molar-refractivity contribution >= 4 is 0 Å². The van der Waals surface area contributed by atoms with Gasteiger partial charge in [0.25, 0.3) is 0 Å². The van der Waals surface area contributed by atoms with Gasteiger partial charge in [0.05, 0.1) is 6.10 Å². The summed E-state index contributed by atoms with van der Waals surface area (Å²) in [6.07, 6.45) is 10.2. The molecule has 1 rings (SSSR count). The topological polar surface area (TPSA) is 20.2 Å². The molecule has 1 nitrogen and oxygen atoms in total. The van der Waals surface area contributed by atoms with Crippen LogP contribution in [0.2, 0.25) is 0 Å². The molecule has 1 aliphatic rings. The number of aliphatic hydroxyl groups excluding tert-OH is 1. The van der Waals surface area contributed by atoms with E-state index in [1.807, 2.05) is 0 Å². The molecule has 0 amide bonds. The Hall–Kier alpha value is -0.0400. The molecule has 1 heteroatoms. The summed E-state index contributed by atoms with van der Waals surface area (Å²) in [7, 11) is 0. The van der Waals surface area contributed by atoms with Gasteiger partial charge >= 0.3 is 0 Å². The van der Waals surface area contributed by atoms with Crippen LogP contribution in [0.15, 0.2) is 0 Å². The van der Waals surface area contributed by atoms with Gasteiger partial charge in [-0.2, -0.15) is 0 Å². The minimum absolute atomic E-state index is 0.0339. The summed E-state index contributed by atoms with van der Waals surface area (Å²) < 4.78 is 0. The van der Waals surface area contributed by atoms with Crippen LogP contribution < -0.4 is 0 Å². The first-order valence-corrected chi connectivity index (χ1v) is 5.52. The third kappa shape index (κ3) is 3.14. The number of hydrogen-bond acceptors (Lipinski definition) is 1. The molecule has 1 fully saturated rings. The van der Waals surface area contributed by atoms with Crippen LogP contribution >= 0.6 is 0 Å². The van der Waals surface area contributed by atoms with Gasteiger partial charge in [-0.1, -0.05) is 39.0 Å². The Bertz CT molecular complexity index is 112. The van der Waals surface area contributed by atoms with Crippen LogP contribution in [0.4, 0.5) is 0 Å².